The van der Waals surface area contributed by atoms with Gasteiger partial charge in [-0.1, -0.05) is 0 Å². The zero-order valence-electron chi connectivity index (χ0n) is 12.0. The molecule has 1 amide bonds. The molecule has 1 aliphatic heterocycles. The number of aryl methyl sites for hydroxylation is 3. The number of carbonyl (C=O) groups excluding carboxylic acids is 1. The minimum Gasteiger partial charge on any atom is -0.393 e. The summed E-state index contributed by atoms with van der Waals surface area (Å²) in [7, 11) is 0. The van der Waals surface area contributed by atoms with E-state index in [9.17, 15) is 15.0 Å². The van der Waals surface area contributed by atoms with E-state index in [1.54, 1.807) is 9.58 Å². The Hall–Kier alpha value is -1.47. The van der Waals surface area contributed by atoms with Gasteiger partial charge in [-0.25, -0.2) is 9.67 Å². The second-order valence-electron chi connectivity index (χ2n) is 5.48. The van der Waals surface area contributed by atoms with Gasteiger partial charge in [0.15, 0.2) is 0 Å². The Kier molecular flexibility index (Phi) is 4.39. The molecule has 2 N–H and O–H groups in total. The van der Waals surface area contributed by atoms with E-state index in [0.717, 1.165) is 5.82 Å². The highest BCUT2D eigenvalue weighted by Gasteiger charge is 2.34. The molecule has 0 radical (unpaired) electrons. The normalized spacial score (nSPS) is 23.1. The lowest BCUT2D eigenvalue weighted by Gasteiger charge is -2.38. The summed E-state index contributed by atoms with van der Waals surface area (Å²) in [4.78, 5) is 18.0. The summed E-state index contributed by atoms with van der Waals surface area (Å²) >= 11 is 0. The maximum atomic E-state index is 12.2. The molecule has 0 saturated carbocycles. The second kappa shape index (κ2) is 5.88. The van der Waals surface area contributed by atoms with E-state index in [4.69, 9.17) is 0 Å². The van der Waals surface area contributed by atoms with Crippen molar-refractivity contribution in [3.05, 3.63) is 11.6 Å². The Morgan fingerprint density at radius 1 is 1.45 bits per heavy atom. The molecule has 112 valence electrons. The van der Waals surface area contributed by atoms with E-state index < -0.39 is 5.60 Å². The van der Waals surface area contributed by atoms with Crippen LogP contribution in [-0.2, 0) is 11.3 Å². The Bertz CT molecular complexity index is 488. The lowest BCUT2D eigenvalue weighted by Crippen LogP contribution is -2.52. The third-order valence-electron chi connectivity index (χ3n) is 3.70. The fourth-order valence-corrected chi connectivity index (χ4v) is 2.59. The molecular weight excluding hydrogens is 260 g/mol. The highest BCUT2D eigenvalue weighted by molar-refractivity contribution is 5.76. The number of carbonyl (C=O) groups is 1. The molecule has 1 unspecified atom stereocenters. The fourth-order valence-electron chi connectivity index (χ4n) is 2.59. The molecule has 7 heteroatoms. The average Bonchev–Trinajstić information content (AvgIpc) is 2.74. The monoisotopic (exact) mass is 282 g/mol. The van der Waals surface area contributed by atoms with Gasteiger partial charge in [0, 0.05) is 13.0 Å². The van der Waals surface area contributed by atoms with E-state index in [-0.39, 0.29) is 19.1 Å². The van der Waals surface area contributed by atoms with Gasteiger partial charge in [0.2, 0.25) is 5.91 Å². The molecule has 0 spiro atoms. The van der Waals surface area contributed by atoms with Crippen molar-refractivity contribution in [2.24, 2.45) is 0 Å². The van der Waals surface area contributed by atoms with Gasteiger partial charge in [0.1, 0.15) is 17.2 Å². The van der Waals surface area contributed by atoms with Crippen molar-refractivity contribution < 1.29 is 15.0 Å². The van der Waals surface area contributed by atoms with Gasteiger partial charge in [-0.3, -0.25) is 4.79 Å². The van der Waals surface area contributed by atoms with Crippen LogP contribution in [0.15, 0.2) is 0 Å². The van der Waals surface area contributed by atoms with Crippen LogP contribution in [-0.4, -0.2) is 61.1 Å². The standard InChI is InChI=1S/C13H22N4O3/c1-10-14-11(2)17(15-10)7-4-12(19)16-6-3-5-13(20,8-16)9-18/h18,20H,3-9H2,1-2H3. The molecule has 1 saturated heterocycles. The molecule has 1 aliphatic rings. The van der Waals surface area contributed by atoms with Gasteiger partial charge >= 0.3 is 0 Å². The van der Waals surface area contributed by atoms with Gasteiger partial charge in [-0.05, 0) is 26.7 Å². The van der Waals surface area contributed by atoms with E-state index >= 15 is 0 Å². The Morgan fingerprint density at radius 3 is 2.80 bits per heavy atom. The van der Waals surface area contributed by atoms with Crippen LogP contribution in [0.5, 0.6) is 0 Å². The molecule has 7 nitrogen and oxygen atoms in total. The Labute approximate surface area is 118 Å². The number of β-amino-alcohol motifs (C(OH)–C–C–N with tert-alkyl or cyclic N) is 1. The topological polar surface area (TPSA) is 91.5 Å². The number of hydrogen-bond acceptors (Lipinski definition) is 5. The molecule has 20 heavy (non-hydrogen) atoms. The van der Waals surface area contributed by atoms with E-state index in [0.29, 0.717) is 38.2 Å². The van der Waals surface area contributed by atoms with Crippen LogP contribution in [0.25, 0.3) is 0 Å². The predicted octanol–water partition coefficient (Wildman–Crippen LogP) is -0.369. The van der Waals surface area contributed by atoms with Crippen LogP contribution >= 0.6 is 0 Å². The number of piperidine rings is 1. The summed E-state index contributed by atoms with van der Waals surface area (Å²) in [6, 6.07) is 0. The molecule has 1 aromatic rings. The molecule has 0 aliphatic carbocycles. The summed E-state index contributed by atoms with van der Waals surface area (Å²) in [5.41, 5.74) is -1.15. The van der Waals surface area contributed by atoms with Crippen LogP contribution in [0.3, 0.4) is 0 Å². The molecule has 2 heterocycles. The minimum absolute atomic E-state index is 0.0240. The quantitative estimate of drug-likeness (QED) is 0.786. The first-order chi connectivity index (χ1) is 9.43. The number of aliphatic hydroxyl groups excluding tert-OH is 1. The van der Waals surface area contributed by atoms with Crippen LogP contribution < -0.4 is 0 Å². The van der Waals surface area contributed by atoms with Gasteiger partial charge < -0.3 is 15.1 Å². The number of likely N-dealkylation sites (tertiary alicyclic amines) is 1. The van der Waals surface area contributed by atoms with Crippen molar-refractivity contribution >= 4 is 5.91 Å². The van der Waals surface area contributed by atoms with Crippen molar-refractivity contribution in [3.63, 3.8) is 0 Å². The lowest BCUT2D eigenvalue weighted by atomic mass is 9.93. The number of nitrogens with zero attached hydrogens (tertiary/aromatic N) is 4. The largest absolute Gasteiger partial charge is 0.393 e. The Morgan fingerprint density at radius 2 is 2.20 bits per heavy atom. The van der Waals surface area contributed by atoms with Crippen molar-refractivity contribution in [1.29, 1.82) is 0 Å². The van der Waals surface area contributed by atoms with E-state index in [2.05, 4.69) is 10.1 Å². The van der Waals surface area contributed by atoms with Crippen molar-refractivity contribution in [2.75, 3.05) is 19.7 Å². The van der Waals surface area contributed by atoms with Gasteiger partial charge in [0.25, 0.3) is 0 Å². The van der Waals surface area contributed by atoms with Crippen LogP contribution in [0, 0.1) is 13.8 Å². The molecule has 0 aromatic carbocycles. The first-order valence-electron chi connectivity index (χ1n) is 6.92. The fraction of sp³-hybridized carbons (Fsp3) is 0.769. The number of aromatic nitrogens is 3. The highest BCUT2D eigenvalue weighted by Crippen LogP contribution is 2.21. The van der Waals surface area contributed by atoms with Gasteiger partial charge in [0.05, 0.1) is 19.7 Å². The summed E-state index contributed by atoms with van der Waals surface area (Å²) in [5, 5.41) is 23.5. The van der Waals surface area contributed by atoms with Crippen molar-refractivity contribution in [3.8, 4) is 0 Å². The average molecular weight is 282 g/mol. The second-order valence-corrected chi connectivity index (χ2v) is 5.48. The molecule has 1 aromatic heterocycles. The maximum absolute atomic E-state index is 12.2. The van der Waals surface area contributed by atoms with Gasteiger partial charge in [-0.2, -0.15) is 5.10 Å². The number of hydrogen-bond donors (Lipinski definition) is 2. The number of amides is 1. The smallest absolute Gasteiger partial charge is 0.224 e. The molecule has 0 bridgehead atoms. The van der Waals surface area contributed by atoms with Crippen LogP contribution in [0.4, 0.5) is 0 Å². The highest BCUT2D eigenvalue weighted by atomic mass is 16.3. The summed E-state index contributed by atoms with van der Waals surface area (Å²) < 4.78 is 1.72. The lowest BCUT2D eigenvalue weighted by molar-refractivity contribution is -0.140. The van der Waals surface area contributed by atoms with E-state index in [1.165, 1.54) is 0 Å². The van der Waals surface area contributed by atoms with Crippen LogP contribution in [0.2, 0.25) is 0 Å². The zero-order chi connectivity index (χ0) is 14.8. The SMILES string of the molecule is Cc1nc(C)n(CCC(=O)N2CCCC(O)(CO)C2)n1. The van der Waals surface area contributed by atoms with Gasteiger partial charge in [-0.15, -0.1) is 0 Å². The third-order valence-corrected chi connectivity index (χ3v) is 3.70. The number of rotatable bonds is 4. The minimum atomic E-state index is -1.15. The first kappa shape index (κ1) is 14.9. The van der Waals surface area contributed by atoms with Crippen molar-refractivity contribution in [2.45, 2.75) is 45.3 Å². The summed E-state index contributed by atoms with van der Waals surface area (Å²) in [5.74, 6) is 1.47. The first-order valence-corrected chi connectivity index (χ1v) is 6.92. The maximum Gasteiger partial charge on any atom is 0.224 e. The van der Waals surface area contributed by atoms with E-state index in [1.807, 2.05) is 13.8 Å². The third kappa shape index (κ3) is 3.34. The molecule has 1 atom stereocenters. The summed E-state index contributed by atoms with van der Waals surface area (Å²) in [6.45, 7) is 4.69. The van der Waals surface area contributed by atoms with Crippen LogP contribution in [0.1, 0.15) is 30.9 Å². The molecule has 2 rings (SSSR count). The Balaban J connectivity index is 1.90. The van der Waals surface area contributed by atoms with Crippen molar-refractivity contribution in [1.82, 2.24) is 19.7 Å². The molecule has 1 fully saturated rings. The summed E-state index contributed by atoms with van der Waals surface area (Å²) in [6.07, 6.45) is 1.57. The zero-order valence-corrected chi connectivity index (χ0v) is 12.0. The molecular formula is C13H22N4O3. The predicted molar refractivity (Wildman–Crippen MR) is 72.0 cm³/mol. The number of aliphatic hydroxyl groups is 2.